The second-order valence-corrected chi connectivity index (χ2v) is 4.50. The molecule has 1 unspecified atom stereocenters. The van der Waals surface area contributed by atoms with E-state index < -0.39 is 0 Å². The molecule has 0 bridgehead atoms. The molecule has 4 heteroatoms. The lowest BCUT2D eigenvalue weighted by atomic mass is 10.1. The highest BCUT2D eigenvalue weighted by Crippen LogP contribution is 2.31. The summed E-state index contributed by atoms with van der Waals surface area (Å²) in [6.07, 6.45) is 6.45. The van der Waals surface area contributed by atoms with E-state index in [1.54, 1.807) is 0 Å². The molecule has 1 atom stereocenters. The van der Waals surface area contributed by atoms with E-state index in [4.69, 9.17) is 10.3 Å². The maximum absolute atomic E-state index is 5.91. The summed E-state index contributed by atoms with van der Waals surface area (Å²) in [7, 11) is 0. The van der Waals surface area contributed by atoms with E-state index in [-0.39, 0.29) is 6.04 Å². The summed E-state index contributed by atoms with van der Waals surface area (Å²) in [5.41, 5.74) is 5.91. The van der Waals surface area contributed by atoms with Crippen LogP contribution in [0.25, 0.3) is 0 Å². The van der Waals surface area contributed by atoms with Crippen LogP contribution in [0.4, 0.5) is 0 Å². The van der Waals surface area contributed by atoms with E-state index in [0.29, 0.717) is 12.3 Å². The summed E-state index contributed by atoms with van der Waals surface area (Å²) in [5.74, 6) is 2.36. The molecule has 4 nitrogen and oxygen atoms in total. The molecular formula is C11H19N3O. The van der Waals surface area contributed by atoms with E-state index in [0.717, 1.165) is 31.0 Å². The summed E-state index contributed by atoms with van der Waals surface area (Å²) >= 11 is 0. The van der Waals surface area contributed by atoms with Crippen molar-refractivity contribution < 1.29 is 4.52 Å². The topological polar surface area (TPSA) is 64.9 Å². The number of hydrogen-bond donors (Lipinski definition) is 1. The number of rotatable bonds is 6. The van der Waals surface area contributed by atoms with Crippen LogP contribution in [0.3, 0.4) is 0 Å². The molecule has 84 valence electrons. The van der Waals surface area contributed by atoms with Crippen molar-refractivity contribution >= 4 is 0 Å². The Hall–Kier alpha value is -0.900. The van der Waals surface area contributed by atoms with Gasteiger partial charge in [-0.05, 0) is 25.2 Å². The zero-order valence-electron chi connectivity index (χ0n) is 9.28. The minimum atomic E-state index is 0.157. The molecule has 1 aromatic heterocycles. The Bertz CT molecular complexity index is 307. The minimum Gasteiger partial charge on any atom is -0.339 e. The first-order chi connectivity index (χ1) is 7.28. The summed E-state index contributed by atoms with van der Waals surface area (Å²) in [6.45, 7) is 2.13. The van der Waals surface area contributed by atoms with Gasteiger partial charge in [-0.1, -0.05) is 18.5 Å². The van der Waals surface area contributed by atoms with Crippen molar-refractivity contribution in [1.82, 2.24) is 10.1 Å². The molecule has 1 aromatic rings. The molecule has 0 aliphatic heterocycles. The molecule has 1 fully saturated rings. The third kappa shape index (κ3) is 3.30. The van der Waals surface area contributed by atoms with Crippen molar-refractivity contribution in [1.29, 1.82) is 0 Å². The van der Waals surface area contributed by atoms with E-state index in [2.05, 4.69) is 17.1 Å². The van der Waals surface area contributed by atoms with E-state index in [9.17, 15) is 0 Å². The van der Waals surface area contributed by atoms with Gasteiger partial charge in [-0.3, -0.25) is 0 Å². The van der Waals surface area contributed by atoms with Gasteiger partial charge in [0, 0.05) is 18.9 Å². The van der Waals surface area contributed by atoms with Crippen molar-refractivity contribution in [2.24, 2.45) is 11.7 Å². The van der Waals surface area contributed by atoms with Gasteiger partial charge in [-0.15, -0.1) is 0 Å². The molecule has 2 N–H and O–H groups in total. The highest BCUT2D eigenvalue weighted by atomic mass is 16.5. The van der Waals surface area contributed by atoms with Crippen molar-refractivity contribution in [3.8, 4) is 0 Å². The van der Waals surface area contributed by atoms with Gasteiger partial charge in [-0.2, -0.15) is 4.98 Å². The number of nitrogens with zero attached hydrogens (tertiary/aromatic N) is 2. The van der Waals surface area contributed by atoms with Gasteiger partial charge in [-0.25, -0.2) is 0 Å². The normalized spacial score (nSPS) is 18.0. The first kappa shape index (κ1) is 10.6. The molecule has 15 heavy (non-hydrogen) atoms. The molecule has 0 spiro atoms. The first-order valence-corrected chi connectivity index (χ1v) is 5.85. The van der Waals surface area contributed by atoms with Gasteiger partial charge in [0.25, 0.3) is 0 Å². The minimum absolute atomic E-state index is 0.157. The van der Waals surface area contributed by atoms with Crippen LogP contribution in [0.15, 0.2) is 4.52 Å². The lowest BCUT2D eigenvalue weighted by Crippen LogP contribution is -2.22. The van der Waals surface area contributed by atoms with Gasteiger partial charge < -0.3 is 10.3 Å². The van der Waals surface area contributed by atoms with E-state index in [1.807, 2.05) is 0 Å². The molecule has 0 aromatic carbocycles. The van der Waals surface area contributed by atoms with Gasteiger partial charge in [0.15, 0.2) is 5.82 Å². The Balaban J connectivity index is 1.82. The monoisotopic (exact) mass is 209 g/mol. The Morgan fingerprint density at radius 3 is 3.00 bits per heavy atom. The molecule has 1 saturated carbocycles. The molecule has 0 amide bonds. The smallest absolute Gasteiger partial charge is 0.228 e. The Morgan fingerprint density at radius 2 is 2.33 bits per heavy atom. The van der Waals surface area contributed by atoms with Gasteiger partial charge in [0.05, 0.1) is 0 Å². The molecular weight excluding hydrogens is 190 g/mol. The van der Waals surface area contributed by atoms with Crippen molar-refractivity contribution in [2.75, 3.05) is 0 Å². The Labute approximate surface area is 90.2 Å². The average Bonchev–Trinajstić information content (AvgIpc) is 2.88. The van der Waals surface area contributed by atoms with Crippen LogP contribution in [-0.2, 0) is 12.8 Å². The quantitative estimate of drug-likeness (QED) is 0.774. The van der Waals surface area contributed by atoms with Gasteiger partial charge in [0.2, 0.25) is 5.89 Å². The van der Waals surface area contributed by atoms with E-state index >= 15 is 0 Å². The molecule has 1 heterocycles. The Morgan fingerprint density at radius 1 is 1.53 bits per heavy atom. The lowest BCUT2D eigenvalue weighted by molar-refractivity contribution is 0.360. The Kier molecular flexibility index (Phi) is 3.36. The first-order valence-electron chi connectivity index (χ1n) is 5.85. The fourth-order valence-corrected chi connectivity index (χ4v) is 1.73. The van der Waals surface area contributed by atoms with Crippen LogP contribution in [0, 0.1) is 5.92 Å². The summed E-state index contributed by atoms with van der Waals surface area (Å²) in [6, 6.07) is 0.157. The lowest BCUT2D eigenvalue weighted by Gasteiger charge is -2.05. The predicted octanol–water partition coefficient (Wildman–Crippen LogP) is 1.69. The number of aromatic nitrogens is 2. The second-order valence-electron chi connectivity index (χ2n) is 4.50. The zero-order valence-corrected chi connectivity index (χ0v) is 9.28. The summed E-state index contributed by atoms with van der Waals surface area (Å²) < 4.78 is 5.17. The second kappa shape index (κ2) is 4.75. The molecule has 0 radical (unpaired) electrons. The maximum Gasteiger partial charge on any atom is 0.228 e. The van der Waals surface area contributed by atoms with Crippen LogP contribution in [-0.4, -0.2) is 16.2 Å². The molecule has 1 aliphatic carbocycles. The summed E-state index contributed by atoms with van der Waals surface area (Å²) in [4.78, 5) is 4.35. The highest BCUT2D eigenvalue weighted by Gasteiger charge is 2.24. The third-order valence-corrected chi connectivity index (χ3v) is 2.77. The van der Waals surface area contributed by atoms with E-state index in [1.165, 1.54) is 12.8 Å². The SMILES string of the molecule is CCCC(N)Cc1nc(CC2CC2)no1. The van der Waals surface area contributed by atoms with Crippen molar-refractivity contribution in [3.05, 3.63) is 11.7 Å². The maximum atomic E-state index is 5.91. The molecule has 2 rings (SSSR count). The number of hydrogen-bond acceptors (Lipinski definition) is 4. The van der Waals surface area contributed by atoms with Gasteiger partial charge >= 0.3 is 0 Å². The van der Waals surface area contributed by atoms with Crippen LogP contribution in [0.2, 0.25) is 0 Å². The van der Waals surface area contributed by atoms with Crippen LogP contribution < -0.4 is 5.73 Å². The average molecular weight is 209 g/mol. The van der Waals surface area contributed by atoms with Crippen molar-refractivity contribution in [3.63, 3.8) is 0 Å². The third-order valence-electron chi connectivity index (χ3n) is 2.77. The zero-order chi connectivity index (χ0) is 10.7. The molecule has 0 saturated heterocycles. The van der Waals surface area contributed by atoms with Crippen LogP contribution >= 0.6 is 0 Å². The fourth-order valence-electron chi connectivity index (χ4n) is 1.73. The number of nitrogens with two attached hydrogens (primary N) is 1. The van der Waals surface area contributed by atoms with Crippen LogP contribution in [0.1, 0.15) is 44.3 Å². The van der Waals surface area contributed by atoms with Crippen LogP contribution in [0.5, 0.6) is 0 Å². The van der Waals surface area contributed by atoms with Crippen molar-refractivity contribution in [2.45, 2.75) is 51.5 Å². The highest BCUT2D eigenvalue weighted by molar-refractivity contribution is 4.93. The van der Waals surface area contributed by atoms with Gasteiger partial charge in [0.1, 0.15) is 0 Å². The molecule has 1 aliphatic rings. The standard InChI is InChI=1S/C11H19N3O/c1-2-3-9(12)7-11-13-10(14-15-11)6-8-4-5-8/h8-9H,2-7,12H2,1H3. The summed E-state index contributed by atoms with van der Waals surface area (Å²) in [5, 5.41) is 3.97. The predicted molar refractivity (Wildman–Crippen MR) is 57.3 cm³/mol. The fraction of sp³-hybridized carbons (Fsp3) is 0.818. The largest absolute Gasteiger partial charge is 0.339 e.